The molecule has 0 radical (unpaired) electrons. The van der Waals surface area contributed by atoms with Crippen molar-refractivity contribution in [2.45, 2.75) is 46.1 Å². The number of carbonyl (C=O) groups excluding carboxylic acids is 1. The summed E-state index contributed by atoms with van der Waals surface area (Å²) in [6.07, 6.45) is 6.55. The third kappa shape index (κ3) is 3.56. The zero-order chi connectivity index (χ0) is 15.2. The third-order valence-corrected chi connectivity index (χ3v) is 3.91. The molecular formula is C14H24N4OS. The van der Waals surface area contributed by atoms with Crippen LogP contribution in [0.1, 0.15) is 45.4 Å². The van der Waals surface area contributed by atoms with Crippen LogP contribution in [0.25, 0.3) is 0 Å². The second-order valence-corrected chi connectivity index (χ2v) is 5.58. The SMILES string of the molecule is CCCC(CCC)(C(=O)N(C)Cc1ncc[nH]1)C(N)=S. The summed E-state index contributed by atoms with van der Waals surface area (Å²) in [5.41, 5.74) is 5.19. The summed E-state index contributed by atoms with van der Waals surface area (Å²) in [6.45, 7) is 4.52. The second kappa shape index (κ2) is 7.38. The van der Waals surface area contributed by atoms with Gasteiger partial charge in [-0.1, -0.05) is 38.9 Å². The highest BCUT2D eigenvalue weighted by molar-refractivity contribution is 7.80. The molecule has 20 heavy (non-hydrogen) atoms. The number of aromatic nitrogens is 2. The number of nitrogens with one attached hydrogen (secondary N) is 1. The van der Waals surface area contributed by atoms with Gasteiger partial charge in [0.15, 0.2) is 0 Å². The van der Waals surface area contributed by atoms with E-state index in [1.54, 1.807) is 24.3 Å². The lowest BCUT2D eigenvalue weighted by Crippen LogP contribution is -2.49. The van der Waals surface area contributed by atoms with Gasteiger partial charge in [-0.3, -0.25) is 4.79 Å². The summed E-state index contributed by atoms with van der Waals surface area (Å²) in [5, 5.41) is 0. The van der Waals surface area contributed by atoms with Crippen molar-refractivity contribution in [2.75, 3.05) is 7.05 Å². The molecule has 0 atom stereocenters. The average Bonchev–Trinajstić information content (AvgIpc) is 2.90. The predicted octanol–water partition coefficient (Wildman–Crippen LogP) is 2.24. The normalized spacial score (nSPS) is 11.3. The van der Waals surface area contributed by atoms with Crippen LogP contribution in [0.2, 0.25) is 0 Å². The number of imidazole rings is 1. The molecule has 1 aromatic rings. The van der Waals surface area contributed by atoms with E-state index in [9.17, 15) is 4.79 Å². The van der Waals surface area contributed by atoms with Gasteiger partial charge in [0.1, 0.15) is 5.82 Å². The van der Waals surface area contributed by atoms with Crippen LogP contribution < -0.4 is 5.73 Å². The van der Waals surface area contributed by atoms with Crippen LogP contribution in [0.15, 0.2) is 12.4 Å². The summed E-state index contributed by atoms with van der Waals surface area (Å²) >= 11 is 5.21. The molecular weight excluding hydrogens is 272 g/mol. The van der Waals surface area contributed by atoms with E-state index < -0.39 is 5.41 Å². The standard InChI is InChI=1S/C14H24N4OS/c1-4-6-14(7-5-2,12(15)20)13(19)18(3)10-11-16-8-9-17-11/h8-9H,4-7,10H2,1-3H3,(H2,15,20)(H,16,17). The fourth-order valence-electron chi connectivity index (χ4n) is 2.59. The Morgan fingerprint density at radius 2 is 2.05 bits per heavy atom. The van der Waals surface area contributed by atoms with Crippen molar-refractivity contribution in [3.8, 4) is 0 Å². The van der Waals surface area contributed by atoms with Crippen molar-refractivity contribution >= 4 is 23.1 Å². The van der Waals surface area contributed by atoms with Gasteiger partial charge >= 0.3 is 0 Å². The smallest absolute Gasteiger partial charge is 0.235 e. The fraction of sp³-hybridized carbons (Fsp3) is 0.643. The topological polar surface area (TPSA) is 75.0 Å². The van der Waals surface area contributed by atoms with E-state index in [-0.39, 0.29) is 5.91 Å². The Labute approximate surface area is 125 Å². The Hall–Kier alpha value is -1.43. The van der Waals surface area contributed by atoms with Gasteiger partial charge in [0.25, 0.3) is 0 Å². The maximum atomic E-state index is 12.8. The highest BCUT2D eigenvalue weighted by Crippen LogP contribution is 2.33. The first kappa shape index (κ1) is 16.6. The van der Waals surface area contributed by atoms with Gasteiger partial charge in [-0.15, -0.1) is 0 Å². The lowest BCUT2D eigenvalue weighted by atomic mass is 9.77. The van der Waals surface area contributed by atoms with Crippen LogP contribution in [-0.2, 0) is 11.3 Å². The molecule has 3 N–H and O–H groups in total. The molecule has 1 aromatic heterocycles. The molecule has 0 bridgehead atoms. The van der Waals surface area contributed by atoms with Crippen LogP contribution in [0, 0.1) is 5.41 Å². The molecule has 112 valence electrons. The minimum Gasteiger partial charge on any atom is -0.392 e. The number of amides is 1. The molecule has 0 spiro atoms. The van der Waals surface area contributed by atoms with Crippen LogP contribution in [0.4, 0.5) is 0 Å². The van der Waals surface area contributed by atoms with Crippen molar-refractivity contribution in [3.05, 3.63) is 18.2 Å². The summed E-state index contributed by atoms with van der Waals surface area (Å²) in [7, 11) is 1.77. The van der Waals surface area contributed by atoms with Gasteiger partial charge in [-0.25, -0.2) is 4.98 Å². The first-order valence-electron chi connectivity index (χ1n) is 7.01. The minimum atomic E-state index is -0.722. The Morgan fingerprint density at radius 3 is 2.45 bits per heavy atom. The number of H-pyrrole nitrogens is 1. The number of thiocarbonyl (C=S) groups is 1. The number of hydrogen-bond acceptors (Lipinski definition) is 3. The van der Waals surface area contributed by atoms with E-state index in [4.69, 9.17) is 18.0 Å². The zero-order valence-electron chi connectivity index (χ0n) is 12.5. The zero-order valence-corrected chi connectivity index (χ0v) is 13.3. The number of nitrogens with zero attached hydrogens (tertiary/aromatic N) is 2. The Bertz CT molecular complexity index is 438. The van der Waals surface area contributed by atoms with E-state index in [1.807, 2.05) is 13.8 Å². The monoisotopic (exact) mass is 296 g/mol. The van der Waals surface area contributed by atoms with Gasteiger partial charge in [0.05, 0.1) is 16.9 Å². The fourth-order valence-corrected chi connectivity index (χ4v) is 2.88. The molecule has 1 amide bonds. The second-order valence-electron chi connectivity index (χ2n) is 5.14. The average molecular weight is 296 g/mol. The molecule has 1 heterocycles. The van der Waals surface area contributed by atoms with Gasteiger partial charge in [-0.05, 0) is 12.8 Å². The summed E-state index contributed by atoms with van der Waals surface area (Å²) in [5.74, 6) is 0.746. The highest BCUT2D eigenvalue weighted by Gasteiger charge is 2.41. The number of hydrogen-bond donors (Lipinski definition) is 2. The molecule has 0 aliphatic carbocycles. The molecule has 0 aliphatic heterocycles. The minimum absolute atomic E-state index is 0.00917. The molecule has 1 rings (SSSR count). The summed E-state index contributed by atoms with van der Waals surface area (Å²) in [4.78, 5) is 21.9. The predicted molar refractivity (Wildman–Crippen MR) is 84.1 cm³/mol. The Kier molecular flexibility index (Phi) is 6.13. The lowest BCUT2D eigenvalue weighted by Gasteiger charge is -2.34. The van der Waals surface area contributed by atoms with Crippen LogP contribution in [-0.4, -0.2) is 32.8 Å². The molecule has 5 nitrogen and oxygen atoms in total. The molecule has 0 saturated heterocycles. The molecule has 6 heteroatoms. The quantitative estimate of drug-likeness (QED) is 0.721. The number of nitrogens with two attached hydrogens (primary N) is 1. The van der Waals surface area contributed by atoms with Crippen molar-refractivity contribution in [1.29, 1.82) is 0 Å². The maximum Gasteiger partial charge on any atom is 0.235 e. The lowest BCUT2D eigenvalue weighted by molar-refractivity contribution is -0.138. The largest absolute Gasteiger partial charge is 0.392 e. The first-order chi connectivity index (χ1) is 9.47. The van der Waals surface area contributed by atoms with E-state index in [0.29, 0.717) is 24.4 Å². The van der Waals surface area contributed by atoms with Gasteiger partial charge in [0.2, 0.25) is 5.91 Å². The number of carbonyl (C=O) groups is 1. The molecule has 0 aliphatic rings. The van der Waals surface area contributed by atoms with E-state index in [2.05, 4.69) is 9.97 Å². The van der Waals surface area contributed by atoms with Crippen LogP contribution in [0.5, 0.6) is 0 Å². The molecule has 0 aromatic carbocycles. The summed E-state index contributed by atoms with van der Waals surface area (Å²) in [6, 6.07) is 0. The summed E-state index contributed by atoms with van der Waals surface area (Å²) < 4.78 is 0. The number of aromatic amines is 1. The van der Waals surface area contributed by atoms with Crippen molar-refractivity contribution in [3.63, 3.8) is 0 Å². The first-order valence-corrected chi connectivity index (χ1v) is 7.42. The third-order valence-electron chi connectivity index (χ3n) is 3.52. The van der Waals surface area contributed by atoms with E-state index in [0.717, 1.165) is 18.7 Å². The van der Waals surface area contributed by atoms with Crippen molar-refractivity contribution in [2.24, 2.45) is 11.1 Å². The molecule has 0 fully saturated rings. The Balaban J connectivity index is 2.93. The highest BCUT2D eigenvalue weighted by atomic mass is 32.1. The maximum absolute atomic E-state index is 12.8. The molecule has 0 saturated carbocycles. The van der Waals surface area contributed by atoms with E-state index in [1.165, 1.54) is 0 Å². The van der Waals surface area contributed by atoms with Crippen LogP contribution in [0.3, 0.4) is 0 Å². The van der Waals surface area contributed by atoms with E-state index >= 15 is 0 Å². The van der Waals surface area contributed by atoms with Gasteiger partial charge < -0.3 is 15.6 Å². The van der Waals surface area contributed by atoms with Gasteiger partial charge in [-0.2, -0.15) is 0 Å². The van der Waals surface area contributed by atoms with Crippen LogP contribution >= 0.6 is 12.2 Å². The van der Waals surface area contributed by atoms with Gasteiger partial charge in [0, 0.05) is 19.4 Å². The molecule has 0 unspecified atom stereocenters. The van der Waals surface area contributed by atoms with Crippen molar-refractivity contribution in [1.82, 2.24) is 14.9 Å². The number of rotatable bonds is 8. The Morgan fingerprint density at radius 1 is 1.45 bits per heavy atom. The van der Waals surface area contributed by atoms with Crippen molar-refractivity contribution < 1.29 is 4.79 Å².